The van der Waals surface area contributed by atoms with Gasteiger partial charge in [-0.1, -0.05) is 0 Å². The molecule has 0 bridgehead atoms. The maximum absolute atomic E-state index is 13.2. The number of halogens is 3. The van der Waals surface area contributed by atoms with Gasteiger partial charge in [-0.25, -0.2) is 4.79 Å². The van der Waals surface area contributed by atoms with Gasteiger partial charge < -0.3 is 15.4 Å². The Balaban J connectivity index is 2.25. The molecule has 0 aliphatic carbocycles. The van der Waals surface area contributed by atoms with Gasteiger partial charge in [0.25, 0.3) is 0 Å². The molecule has 1 fully saturated rings. The van der Waals surface area contributed by atoms with Gasteiger partial charge in [0, 0.05) is 6.54 Å². The Labute approximate surface area is 122 Å². The van der Waals surface area contributed by atoms with Crippen LogP contribution in [0.15, 0.2) is 11.4 Å². The van der Waals surface area contributed by atoms with Gasteiger partial charge in [0.2, 0.25) is 5.91 Å². The molecular formula is C12H13F3N2O3S. The molecule has 1 atom stereocenters. The maximum atomic E-state index is 13.2. The van der Waals surface area contributed by atoms with Crippen LogP contribution in [0.5, 0.6) is 0 Å². The van der Waals surface area contributed by atoms with Crippen molar-refractivity contribution in [2.24, 2.45) is 5.41 Å². The first kappa shape index (κ1) is 15.8. The number of hydrogen-bond donors (Lipinski definition) is 2. The number of thiophene rings is 1. The second-order valence-electron chi connectivity index (χ2n) is 4.62. The molecule has 0 spiro atoms. The molecule has 2 heterocycles. The lowest BCUT2D eigenvalue weighted by Gasteiger charge is -2.29. The van der Waals surface area contributed by atoms with Crippen LogP contribution in [-0.2, 0) is 9.53 Å². The first-order chi connectivity index (χ1) is 9.82. The van der Waals surface area contributed by atoms with Gasteiger partial charge in [-0.3, -0.25) is 4.79 Å². The molecule has 1 aliphatic heterocycles. The van der Waals surface area contributed by atoms with Crippen molar-refractivity contribution in [3.8, 4) is 0 Å². The molecule has 0 saturated carbocycles. The lowest BCUT2D eigenvalue weighted by atomic mass is 9.85. The number of ether oxygens (including phenoxy) is 1. The second-order valence-corrected chi connectivity index (χ2v) is 5.53. The summed E-state index contributed by atoms with van der Waals surface area (Å²) in [6, 6.07) is 1.38. The van der Waals surface area contributed by atoms with Gasteiger partial charge in [-0.05, 0) is 24.4 Å². The fourth-order valence-corrected chi connectivity index (χ4v) is 2.92. The number of esters is 1. The lowest BCUT2D eigenvalue weighted by Crippen LogP contribution is -2.49. The Hall–Kier alpha value is -1.61. The molecule has 0 radical (unpaired) electrons. The molecule has 1 aliphatic rings. The van der Waals surface area contributed by atoms with E-state index in [4.69, 9.17) is 0 Å². The zero-order chi connectivity index (χ0) is 15.7. The molecule has 1 amide bonds. The third-order valence-corrected chi connectivity index (χ3v) is 4.31. The Morgan fingerprint density at radius 3 is 2.71 bits per heavy atom. The molecule has 1 aromatic heterocycles. The molecule has 2 rings (SSSR count). The van der Waals surface area contributed by atoms with Crippen molar-refractivity contribution in [3.05, 3.63) is 16.3 Å². The van der Waals surface area contributed by atoms with Crippen LogP contribution >= 0.6 is 11.3 Å². The summed E-state index contributed by atoms with van der Waals surface area (Å²) in [6.45, 7) is -0.361. The third-order valence-electron chi connectivity index (χ3n) is 3.42. The summed E-state index contributed by atoms with van der Waals surface area (Å²) in [5, 5.41) is 6.26. The zero-order valence-corrected chi connectivity index (χ0v) is 11.9. The quantitative estimate of drug-likeness (QED) is 0.836. The number of hydrogen-bond acceptors (Lipinski definition) is 5. The molecule has 5 nitrogen and oxygen atoms in total. The number of anilines is 1. The minimum absolute atomic E-state index is 0.0346. The van der Waals surface area contributed by atoms with Crippen LogP contribution < -0.4 is 10.6 Å². The van der Waals surface area contributed by atoms with E-state index in [0.29, 0.717) is 0 Å². The summed E-state index contributed by atoms with van der Waals surface area (Å²) in [6.07, 6.45) is -5.00. The molecular weight excluding hydrogens is 309 g/mol. The fraction of sp³-hybridized carbons (Fsp3) is 0.500. The highest BCUT2D eigenvalue weighted by atomic mass is 32.1. The van der Waals surface area contributed by atoms with Gasteiger partial charge in [0.05, 0.1) is 12.8 Å². The Morgan fingerprint density at radius 2 is 2.19 bits per heavy atom. The van der Waals surface area contributed by atoms with Gasteiger partial charge in [-0.15, -0.1) is 11.3 Å². The normalized spacial score (nSPS) is 22.1. The average Bonchev–Trinajstić information content (AvgIpc) is 3.06. The summed E-state index contributed by atoms with van der Waals surface area (Å²) in [4.78, 5) is 23.7. The van der Waals surface area contributed by atoms with Gasteiger partial charge >= 0.3 is 12.1 Å². The summed E-state index contributed by atoms with van der Waals surface area (Å²) in [7, 11) is 1.16. The standard InChI is InChI=1S/C12H13F3N2O3S/c1-20-9(18)8-7(2-5-21-8)17-10(19)11(12(13,14)15)3-4-16-6-11/h2,5,16H,3-4,6H2,1H3,(H,17,19). The van der Waals surface area contributed by atoms with Crippen LogP contribution in [0.3, 0.4) is 0 Å². The summed E-state index contributed by atoms with van der Waals surface area (Å²) in [5.41, 5.74) is -2.44. The number of methoxy groups -OCH3 is 1. The number of carbonyl (C=O) groups is 2. The van der Waals surface area contributed by atoms with E-state index in [1.807, 2.05) is 0 Å². The number of rotatable bonds is 3. The minimum Gasteiger partial charge on any atom is -0.465 e. The van der Waals surface area contributed by atoms with E-state index in [0.717, 1.165) is 18.4 Å². The maximum Gasteiger partial charge on any atom is 0.404 e. The zero-order valence-electron chi connectivity index (χ0n) is 11.0. The molecule has 0 aromatic carbocycles. The largest absolute Gasteiger partial charge is 0.465 e. The summed E-state index contributed by atoms with van der Waals surface area (Å²) in [5.74, 6) is -1.87. The van der Waals surface area contributed by atoms with Crippen molar-refractivity contribution in [2.45, 2.75) is 12.6 Å². The third kappa shape index (κ3) is 2.75. The van der Waals surface area contributed by atoms with E-state index in [1.54, 1.807) is 0 Å². The molecule has 1 aromatic rings. The molecule has 1 saturated heterocycles. The van der Waals surface area contributed by atoms with Crippen molar-refractivity contribution >= 4 is 28.9 Å². The van der Waals surface area contributed by atoms with Crippen molar-refractivity contribution in [3.63, 3.8) is 0 Å². The van der Waals surface area contributed by atoms with E-state index in [-0.39, 0.29) is 23.5 Å². The van der Waals surface area contributed by atoms with Crippen LogP contribution in [0.1, 0.15) is 16.1 Å². The van der Waals surface area contributed by atoms with E-state index in [1.165, 1.54) is 11.4 Å². The van der Waals surface area contributed by atoms with Crippen molar-refractivity contribution in [1.82, 2.24) is 5.32 Å². The SMILES string of the molecule is COC(=O)c1sccc1NC(=O)C1(C(F)(F)F)CCNC1. The van der Waals surface area contributed by atoms with Gasteiger partial charge in [0.1, 0.15) is 4.88 Å². The lowest BCUT2D eigenvalue weighted by molar-refractivity contribution is -0.213. The van der Waals surface area contributed by atoms with E-state index in [2.05, 4.69) is 15.4 Å². The van der Waals surface area contributed by atoms with E-state index in [9.17, 15) is 22.8 Å². The number of carbonyl (C=O) groups excluding carboxylic acids is 2. The monoisotopic (exact) mass is 322 g/mol. The Morgan fingerprint density at radius 1 is 1.48 bits per heavy atom. The molecule has 2 N–H and O–H groups in total. The van der Waals surface area contributed by atoms with Crippen molar-refractivity contribution in [2.75, 3.05) is 25.5 Å². The van der Waals surface area contributed by atoms with Gasteiger partial charge in [-0.2, -0.15) is 13.2 Å². The number of amides is 1. The predicted octanol–water partition coefficient (Wildman–Crippen LogP) is 2.02. The minimum atomic E-state index is -4.66. The first-order valence-corrected chi connectivity index (χ1v) is 6.94. The highest BCUT2D eigenvalue weighted by molar-refractivity contribution is 7.12. The van der Waals surface area contributed by atoms with Crippen LogP contribution in [-0.4, -0.2) is 38.3 Å². The molecule has 9 heteroatoms. The molecule has 1 unspecified atom stereocenters. The van der Waals surface area contributed by atoms with E-state index < -0.39 is 30.0 Å². The number of alkyl halides is 3. The van der Waals surface area contributed by atoms with E-state index >= 15 is 0 Å². The smallest absolute Gasteiger partial charge is 0.404 e. The number of nitrogens with one attached hydrogen (secondary N) is 2. The highest BCUT2D eigenvalue weighted by Gasteiger charge is 2.61. The van der Waals surface area contributed by atoms with Crippen molar-refractivity contribution in [1.29, 1.82) is 0 Å². The fourth-order valence-electron chi connectivity index (χ4n) is 2.16. The Bertz CT molecular complexity index is 550. The van der Waals surface area contributed by atoms with Crippen LogP contribution in [0.2, 0.25) is 0 Å². The summed E-state index contributed by atoms with van der Waals surface area (Å²) >= 11 is 0.987. The Kier molecular flexibility index (Phi) is 4.24. The topological polar surface area (TPSA) is 67.4 Å². The predicted molar refractivity (Wildman–Crippen MR) is 70.3 cm³/mol. The van der Waals surface area contributed by atoms with Crippen LogP contribution in [0, 0.1) is 5.41 Å². The van der Waals surface area contributed by atoms with Crippen LogP contribution in [0.25, 0.3) is 0 Å². The van der Waals surface area contributed by atoms with Gasteiger partial charge in [0.15, 0.2) is 5.41 Å². The highest BCUT2D eigenvalue weighted by Crippen LogP contribution is 2.44. The first-order valence-electron chi connectivity index (χ1n) is 6.06. The van der Waals surface area contributed by atoms with Crippen molar-refractivity contribution < 1.29 is 27.5 Å². The summed E-state index contributed by atoms with van der Waals surface area (Å²) < 4.78 is 44.2. The second kappa shape index (κ2) is 5.64. The molecule has 116 valence electrons. The van der Waals surface area contributed by atoms with Crippen LogP contribution in [0.4, 0.5) is 18.9 Å². The molecule has 21 heavy (non-hydrogen) atoms. The average molecular weight is 322 g/mol.